The maximum absolute atomic E-state index is 5.99. The molecule has 3 aromatic rings. The van der Waals surface area contributed by atoms with Gasteiger partial charge in [0.25, 0.3) is 0 Å². The fourth-order valence-corrected chi connectivity index (χ4v) is 3.21. The quantitative estimate of drug-likeness (QED) is 0.754. The van der Waals surface area contributed by atoms with Gasteiger partial charge in [-0.15, -0.1) is 11.3 Å². The number of thiophene rings is 1. The van der Waals surface area contributed by atoms with Gasteiger partial charge >= 0.3 is 0 Å². The zero-order valence-electron chi connectivity index (χ0n) is 11.7. The summed E-state index contributed by atoms with van der Waals surface area (Å²) in [6.07, 6.45) is 3.75. The molecule has 0 saturated carbocycles. The number of nitrogens with zero attached hydrogens (tertiary/aromatic N) is 2. The Kier molecular flexibility index (Phi) is 4.39. The van der Waals surface area contributed by atoms with E-state index >= 15 is 0 Å². The van der Waals surface area contributed by atoms with E-state index in [1.165, 1.54) is 11.1 Å². The average molecular weight is 318 g/mol. The first-order chi connectivity index (χ1) is 10.2. The number of rotatable bonds is 5. The molecule has 1 N–H and O–H groups in total. The van der Waals surface area contributed by atoms with Gasteiger partial charge in [0.2, 0.25) is 0 Å². The molecule has 21 heavy (non-hydrogen) atoms. The van der Waals surface area contributed by atoms with Crippen LogP contribution in [0.25, 0.3) is 5.69 Å². The van der Waals surface area contributed by atoms with Gasteiger partial charge in [-0.05, 0) is 41.6 Å². The molecule has 2 heterocycles. The maximum atomic E-state index is 5.99. The Morgan fingerprint density at radius 2 is 2.19 bits per heavy atom. The van der Waals surface area contributed by atoms with Gasteiger partial charge in [0.15, 0.2) is 0 Å². The minimum absolute atomic E-state index is 0.263. The molecule has 0 amide bonds. The molecule has 0 fully saturated rings. The van der Waals surface area contributed by atoms with Crippen molar-refractivity contribution in [2.75, 3.05) is 0 Å². The Hall–Kier alpha value is -1.62. The summed E-state index contributed by atoms with van der Waals surface area (Å²) in [5, 5.41) is 9.94. The number of benzene rings is 1. The van der Waals surface area contributed by atoms with Crippen molar-refractivity contribution in [1.82, 2.24) is 15.1 Å². The van der Waals surface area contributed by atoms with Crippen LogP contribution in [0, 0.1) is 0 Å². The fourth-order valence-electron chi connectivity index (χ4n) is 2.23. The summed E-state index contributed by atoms with van der Waals surface area (Å²) in [7, 11) is 0. The molecule has 2 aromatic heterocycles. The Morgan fingerprint density at radius 3 is 2.90 bits per heavy atom. The predicted octanol–water partition coefficient (Wildman–Crippen LogP) is 4.44. The number of nitrogens with one attached hydrogen (secondary N) is 1. The van der Waals surface area contributed by atoms with Crippen molar-refractivity contribution in [2.45, 2.75) is 19.5 Å². The van der Waals surface area contributed by atoms with Crippen LogP contribution >= 0.6 is 22.9 Å². The number of aromatic nitrogens is 2. The summed E-state index contributed by atoms with van der Waals surface area (Å²) >= 11 is 7.56. The molecule has 0 saturated heterocycles. The second-order valence-corrected chi connectivity index (χ2v) is 6.41. The standard InChI is InChI=1S/C16H16ClN3S/c1-12(14-9-16(17)21-11-14)18-10-13-5-2-3-6-15(13)20-8-4-7-19-20/h2-9,11-12,18H,10H2,1H3. The van der Waals surface area contributed by atoms with Crippen LogP contribution in [0.2, 0.25) is 4.34 Å². The first kappa shape index (κ1) is 14.3. The van der Waals surface area contributed by atoms with E-state index in [0.29, 0.717) is 0 Å². The molecule has 1 unspecified atom stereocenters. The van der Waals surface area contributed by atoms with Crippen molar-refractivity contribution in [3.8, 4) is 5.69 Å². The highest BCUT2D eigenvalue weighted by molar-refractivity contribution is 7.14. The molecule has 3 rings (SSSR count). The Bertz CT molecular complexity index is 706. The van der Waals surface area contributed by atoms with Gasteiger partial charge in [0.1, 0.15) is 0 Å². The monoisotopic (exact) mass is 317 g/mol. The van der Waals surface area contributed by atoms with Gasteiger partial charge in [0.05, 0.1) is 10.0 Å². The minimum atomic E-state index is 0.263. The lowest BCUT2D eigenvalue weighted by Crippen LogP contribution is -2.18. The van der Waals surface area contributed by atoms with Crippen LogP contribution in [0.3, 0.4) is 0 Å². The van der Waals surface area contributed by atoms with Crippen molar-refractivity contribution < 1.29 is 0 Å². The number of hydrogen-bond acceptors (Lipinski definition) is 3. The molecule has 108 valence electrons. The maximum Gasteiger partial charge on any atom is 0.0931 e. The SMILES string of the molecule is CC(NCc1ccccc1-n1cccn1)c1csc(Cl)c1. The van der Waals surface area contributed by atoms with Crippen molar-refractivity contribution in [2.24, 2.45) is 0 Å². The van der Waals surface area contributed by atoms with E-state index in [1.54, 1.807) is 17.5 Å². The van der Waals surface area contributed by atoms with Crippen LogP contribution in [0.15, 0.2) is 54.2 Å². The van der Waals surface area contributed by atoms with Crippen molar-refractivity contribution in [3.63, 3.8) is 0 Å². The lowest BCUT2D eigenvalue weighted by Gasteiger charge is -2.15. The third-order valence-corrected chi connectivity index (χ3v) is 4.54. The van der Waals surface area contributed by atoms with E-state index in [-0.39, 0.29) is 6.04 Å². The van der Waals surface area contributed by atoms with Crippen LogP contribution < -0.4 is 5.32 Å². The molecular formula is C16H16ClN3S. The van der Waals surface area contributed by atoms with Crippen molar-refractivity contribution >= 4 is 22.9 Å². The van der Waals surface area contributed by atoms with E-state index in [9.17, 15) is 0 Å². The number of para-hydroxylation sites is 1. The Balaban J connectivity index is 1.74. The summed E-state index contributed by atoms with van der Waals surface area (Å²) in [5.41, 5.74) is 3.54. The lowest BCUT2D eigenvalue weighted by molar-refractivity contribution is 0.574. The molecular weight excluding hydrogens is 302 g/mol. The lowest BCUT2D eigenvalue weighted by atomic mass is 10.1. The smallest absolute Gasteiger partial charge is 0.0931 e. The second-order valence-electron chi connectivity index (χ2n) is 4.87. The molecule has 0 spiro atoms. The van der Waals surface area contributed by atoms with Crippen LogP contribution in [-0.2, 0) is 6.54 Å². The van der Waals surface area contributed by atoms with Gasteiger partial charge < -0.3 is 5.32 Å². The van der Waals surface area contributed by atoms with Gasteiger partial charge in [-0.3, -0.25) is 0 Å². The summed E-state index contributed by atoms with van der Waals surface area (Å²) in [6, 6.07) is 12.5. The van der Waals surface area contributed by atoms with Crippen LogP contribution in [-0.4, -0.2) is 9.78 Å². The molecule has 0 bridgehead atoms. The predicted molar refractivity (Wildman–Crippen MR) is 88.1 cm³/mol. The van der Waals surface area contributed by atoms with E-state index < -0.39 is 0 Å². The van der Waals surface area contributed by atoms with Crippen LogP contribution in [0.4, 0.5) is 0 Å². The molecule has 0 aliphatic heterocycles. The highest BCUT2D eigenvalue weighted by Crippen LogP contribution is 2.25. The topological polar surface area (TPSA) is 29.9 Å². The van der Waals surface area contributed by atoms with E-state index in [1.807, 2.05) is 29.1 Å². The highest BCUT2D eigenvalue weighted by Gasteiger charge is 2.09. The Labute approximate surface area is 133 Å². The van der Waals surface area contributed by atoms with Gasteiger partial charge in [-0.2, -0.15) is 5.10 Å². The fraction of sp³-hybridized carbons (Fsp3) is 0.188. The summed E-state index contributed by atoms with van der Waals surface area (Å²) in [4.78, 5) is 0. The van der Waals surface area contributed by atoms with Gasteiger partial charge in [-0.25, -0.2) is 4.68 Å². The Morgan fingerprint density at radius 1 is 1.33 bits per heavy atom. The van der Waals surface area contributed by atoms with Gasteiger partial charge in [-0.1, -0.05) is 29.8 Å². The van der Waals surface area contributed by atoms with Gasteiger partial charge in [0, 0.05) is 25.0 Å². The summed E-state index contributed by atoms with van der Waals surface area (Å²) in [5.74, 6) is 0. The van der Waals surface area contributed by atoms with E-state index in [0.717, 1.165) is 16.6 Å². The third-order valence-electron chi connectivity index (χ3n) is 3.43. The van der Waals surface area contributed by atoms with Crippen LogP contribution in [0.5, 0.6) is 0 Å². The first-order valence-electron chi connectivity index (χ1n) is 6.79. The molecule has 1 aromatic carbocycles. The third kappa shape index (κ3) is 3.35. The molecule has 0 radical (unpaired) electrons. The summed E-state index contributed by atoms with van der Waals surface area (Å²) < 4.78 is 2.72. The first-order valence-corrected chi connectivity index (χ1v) is 8.05. The van der Waals surface area contributed by atoms with E-state index in [4.69, 9.17) is 11.6 Å². The number of halogens is 1. The average Bonchev–Trinajstić information content (AvgIpc) is 3.16. The normalized spacial score (nSPS) is 12.5. The van der Waals surface area contributed by atoms with Crippen molar-refractivity contribution in [3.05, 3.63) is 69.6 Å². The number of hydrogen-bond donors (Lipinski definition) is 1. The molecule has 5 heteroatoms. The zero-order valence-corrected chi connectivity index (χ0v) is 13.2. The molecule has 0 aliphatic carbocycles. The zero-order chi connectivity index (χ0) is 14.7. The molecule has 1 atom stereocenters. The molecule has 0 aliphatic rings. The second kappa shape index (κ2) is 6.43. The highest BCUT2D eigenvalue weighted by atomic mass is 35.5. The van der Waals surface area contributed by atoms with Crippen LogP contribution in [0.1, 0.15) is 24.1 Å². The van der Waals surface area contributed by atoms with E-state index in [2.05, 4.69) is 40.9 Å². The minimum Gasteiger partial charge on any atom is -0.306 e. The molecule has 3 nitrogen and oxygen atoms in total. The van der Waals surface area contributed by atoms with Crippen molar-refractivity contribution in [1.29, 1.82) is 0 Å². The summed E-state index contributed by atoms with van der Waals surface area (Å²) in [6.45, 7) is 2.93. The largest absolute Gasteiger partial charge is 0.306 e.